The van der Waals surface area contributed by atoms with E-state index in [1.165, 1.54) is 6.07 Å². The minimum atomic E-state index is -0.513. The maximum absolute atomic E-state index is 13.4. The van der Waals surface area contributed by atoms with Gasteiger partial charge in [0.15, 0.2) is 0 Å². The second-order valence-corrected chi connectivity index (χ2v) is 4.50. The molecule has 2 aromatic carbocycles. The van der Waals surface area contributed by atoms with Gasteiger partial charge in [-0.05, 0) is 18.2 Å². The van der Waals surface area contributed by atoms with Crippen molar-refractivity contribution in [2.75, 3.05) is 5.32 Å². The van der Waals surface area contributed by atoms with Crippen LogP contribution in [0.2, 0.25) is 10.0 Å². The molecule has 0 aliphatic carbocycles. The first-order chi connectivity index (χ1) is 8.58. The Morgan fingerprint density at radius 1 is 1.00 bits per heavy atom. The molecule has 94 valence electrons. The van der Waals surface area contributed by atoms with Crippen LogP contribution in [-0.4, -0.2) is 0 Å². The van der Waals surface area contributed by atoms with E-state index in [0.29, 0.717) is 11.3 Å². The molecule has 0 spiro atoms. The zero-order chi connectivity index (χ0) is 13.1. The zero-order valence-electron chi connectivity index (χ0n) is 9.18. The second-order valence-electron chi connectivity index (χ2n) is 3.69. The Hall–Kier alpha value is -1.32. The van der Waals surface area contributed by atoms with Gasteiger partial charge < -0.3 is 5.32 Å². The molecular formula is C13H9Cl2F2N. The van der Waals surface area contributed by atoms with Crippen molar-refractivity contribution in [3.63, 3.8) is 0 Å². The number of benzene rings is 2. The minimum Gasteiger partial charge on any atom is -0.378 e. The number of rotatable bonds is 3. The highest BCUT2D eigenvalue weighted by atomic mass is 35.5. The maximum Gasteiger partial charge on any atom is 0.128 e. The van der Waals surface area contributed by atoms with Crippen molar-refractivity contribution in [2.45, 2.75) is 6.54 Å². The summed E-state index contributed by atoms with van der Waals surface area (Å²) < 4.78 is 26.4. The van der Waals surface area contributed by atoms with E-state index in [1.54, 1.807) is 18.2 Å². The predicted molar refractivity (Wildman–Crippen MR) is 70.1 cm³/mol. The minimum absolute atomic E-state index is 0.163. The van der Waals surface area contributed by atoms with Gasteiger partial charge in [0.25, 0.3) is 0 Å². The van der Waals surface area contributed by atoms with Gasteiger partial charge in [0, 0.05) is 12.1 Å². The average molecular weight is 288 g/mol. The van der Waals surface area contributed by atoms with Crippen molar-refractivity contribution in [2.24, 2.45) is 0 Å². The van der Waals surface area contributed by atoms with E-state index in [4.69, 9.17) is 23.2 Å². The van der Waals surface area contributed by atoms with Gasteiger partial charge in [-0.3, -0.25) is 0 Å². The zero-order valence-corrected chi connectivity index (χ0v) is 10.7. The van der Waals surface area contributed by atoms with Crippen LogP contribution >= 0.6 is 23.2 Å². The third kappa shape index (κ3) is 2.92. The summed E-state index contributed by atoms with van der Waals surface area (Å²) in [5.74, 6) is -0.833. The Kier molecular flexibility index (Phi) is 4.04. The lowest BCUT2D eigenvalue weighted by Gasteiger charge is -2.11. The SMILES string of the molecule is Fc1cc(Cl)c(NCc2ccccc2F)c(Cl)c1. The Morgan fingerprint density at radius 3 is 2.22 bits per heavy atom. The average Bonchev–Trinajstić information content (AvgIpc) is 2.30. The topological polar surface area (TPSA) is 12.0 Å². The normalized spacial score (nSPS) is 10.4. The molecule has 1 N–H and O–H groups in total. The third-order valence-corrected chi connectivity index (χ3v) is 3.02. The maximum atomic E-state index is 13.4. The Bertz CT molecular complexity index is 550. The molecule has 1 nitrogen and oxygen atoms in total. The lowest BCUT2D eigenvalue weighted by molar-refractivity contribution is 0.613. The molecule has 0 aliphatic rings. The molecule has 0 unspecified atom stereocenters. The third-order valence-electron chi connectivity index (χ3n) is 2.42. The van der Waals surface area contributed by atoms with Crippen LogP contribution in [-0.2, 0) is 6.54 Å². The first-order valence-electron chi connectivity index (χ1n) is 5.20. The molecule has 0 amide bonds. The summed E-state index contributed by atoms with van der Waals surface area (Å²) in [5, 5.41) is 3.22. The van der Waals surface area contributed by atoms with E-state index in [1.807, 2.05) is 0 Å². The van der Waals surface area contributed by atoms with Crippen LogP contribution in [0, 0.1) is 11.6 Å². The summed E-state index contributed by atoms with van der Waals surface area (Å²) >= 11 is 11.7. The van der Waals surface area contributed by atoms with Gasteiger partial charge in [-0.25, -0.2) is 8.78 Å². The summed E-state index contributed by atoms with van der Waals surface area (Å²) in [6.07, 6.45) is 0. The summed E-state index contributed by atoms with van der Waals surface area (Å²) in [6.45, 7) is 0.220. The standard InChI is InChI=1S/C13H9Cl2F2N/c14-10-5-9(16)6-11(15)13(10)18-7-8-3-1-2-4-12(8)17/h1-6,18H,7H2. The number of halogens is 4. The van der Waals surface area contributed by atoms with E-state index in [2.05, 4.69) is 5.32 Å². The fourth-order valence-electron chi connectivity index (χ4n) is 1.54. The summed E-state index contributed by atoms with van der Waals surface area (Å²) in [6, 6.07) is 8.65. The monoisotopic (exact) mass is 287 g/mol. The number of hydrogen-bond donors (Lipinski definition) is 1. The lowest BCUT2D eigenvalue weighted by atomic mass is 10.2. The molecule has 0 heterocycles. The van der Waals surface area contributed by atoms with E-state index < -0.39 is 5.82 Å². The second kappa shape index (κ2) is 5.55. The fraction of sp³-hybridized carbons (Fsp3) is 0.0769. The van der Waals surface area contributed by atoms with Gasteiger partial charge in [0.1, 0.15) is 11.6 Å². The molecule has 0 saturated heterocycles. The Morgan fingerprint density at radius 2 is 1.61 bits per heavy atom. The molecule has 0 aliphatic heterocycles. The van der Waals surface area contributed by atoms with Crippen LogP contribution in [0.5, 0.6) is 0 Å². The molecule has 0 bridgehead atoms. The lowest BCUT2D eigenvalue weighted by Crippen LogP contribution is -2.03. The number of anilines is 1. The first kappa shape index (κ1) is 13.1. The summed E-state index contributed by atoms with van der Waals surface area (Å²) in [5.41, 5.74) is 0.872. The van der Waals surface area contributed by atoms with Crippen LogP contribution in [0.1, 0.15) is 5.56 Å². The highest BCUT2D eigenvalue weighted by molar-refractivity contribution is 6.39. The highest BCUT2D eigenvalue weighted by Crippen LogP contribution is 2.31. The highest BCUT2D eigenvalue weighted by Gasteiger charge is 2.09. The molecule has 0 atom stereocenters. The van der Waals surface area contributed by atoms with Crippen molar-refractivity contribution in [1.82, 2.24) is 0 Å². The largest absolute Gasteiger partial charge is 0.378 e. The van der Waals surface area contributed by atoms with Crippen molar-refractivity contribution < 1.29 is 8.78 Å². The Balaban J connectivity index is 2.19. The number of hydrogen-bond acceptors (Lipinski definition) is 1. The van der Waals surface area contributed by atoms with E-state index in [-0.39, 0.29) is 22.4 Å². The molecule has 0 aromatic heterocycles. The van der Waals surface area contributed by atoms with Gasteiger partial charge in [0.05, 0.1) is 15.7 Å². The quantitative estimate of drug-likeness (QED) is 0.848. The predicted octanol–water partition coefficient (Wildman–Crippen LogP) is 4.88. The molecule has 18 heavy (non-hydrogen) atoms. The molecule has 0 radical (unpaired) electrons. The summed E-state index contributed by atoms with van der Waals surface area (Å²) in [4.78, 5) is 0. The summed E-state index contributed by atoms with van der Waals surface area (Å²) in [7, 11) is 0. The van der Waals surface area contributed by atoms with Gasteiger partial charge in [-0.2, -0.15) is 0 Å². The van der Waals surface area contributed by atoms with Crippen LogP contribution in [0.15, 0.2) is 36.4 Å². The van der Waals surface area contributed by atoms with Crippen molar-refractivity contribution in [3.8, 4) is 0 Å². The van der Waals surface area contributed by atoms with Crippen LogP contribution < -0.4 is 5.32 Å². The van der Waals surface area contributed by atoms with E-state index in [9.17, 15) is 8.78 Å². The van der Waals surface area contributed by atoms with E-state index >= 15 is 0 Å². The molecule has 5 heteroatoms. The first-order valence-corrected chi connectivity index (χ1v) is 5.95. The van der Waals surface area contributed by atoms with Gasteiger partial charge in [0.2, 0.25) is 0 Å². The molecular weight excluding hydrogens is 279 g/mol. The Labute approximate surface area is 113 Å². The van der Waals surface area contributed by atoms with Crippen molar-refractivity contribution in [1.29, 1.82) is 0 Å². The molecule has 2 rings (SSSR count). The number of nitrogens with one attached hydrogen (secondary N) is 1. The van der Waals surface area contributed by atoms with Crippen molar-refractivity contribution in [3.05, 3.63) is 63.6 Å². The van der Waals surface area contributed by atoms with Gasteiger partial charge >= 0.3 is 0 Å². The van der Waals surface area contributed by atoms with Crippen LogP contribution in [0.3, 0.4) is 0 Å². The smallest absolute Gasteiger partial charge is 0.128 e. The van der Waals surface area contributed by atoms with Gasteiger partial charge in [-0.15, -0.1) is 0 Å². The molecule has 0 fully saturated rings. The van der Waals surface area contributed by atoms with E-state index in [0.717, 1.165) is 12.1 Å². The van der Waals surface area contributed by atoms with Crippen LogP contribution in [0.25, 0.3) is 0 Å². The fourth-order valence-corrected chi connectivity index (χ4v) is 2.13. The molecule has 2 aromatic rings. The molecule has 0 saturated carbocycles. The van der Waals surface area contributed by atoms with Gasteiger partial charge in [-0.1, -0.05) is 41.4 Å². The van der Waals surface area contributed by atoms with Crippen LogP contribution in [0.4, 0.5) is 14.5 Å². The van der Waals surface area contributed by atoms with Crippen molar-refractivity contribution >= 4 is 28.9 Å².